The van der Waals surface area contributed by atoms with Crippen LogP contribution in [-0.4, -0.2) is 24.6 Å². The molecule has 0 aromatic rings. The van der Waals surface area contributed by atoms with Gasteiger partial charge in [-0.2, -0.15) is 0 Å². The van der Waals surface area contributed by atoms with E-state index < -0.39 is 0 Å². The maximum Gasteiger partial charge on any atom is 0.138 e. The molecule has 1 saturated heterocycles. The molecule has 0 radical (unpaired) electrons. The van der Waals surface area contributed by atoms with Crippen molar-refractivity contribution in [1.82, 2.24) is 0 Å². The highest BCUT2D eigenvalue weighted by molar-refractivity contribution is 6.20. The van der Waals surface area contributed by atoms with Gasteiger partial charge in [-0.3, -0.25) is 5.73 Å². The lowest BCUT2D eigenvalue weighted by atomic mass is 9.87. The molecule has 16 heavy (non-hydrogen) atoms. The fourth-order valence-corrected chi connectivity index (χ4v) is 3.79. The summed E-state index contributed by atoms with van der Waals surface area (Å²) in [6.07, 6.45) is 8.01. The summed E-state index contributed by atoms with van der Waals surface area (Å²) >= 11 is 6.25. The van der Waals surface area contributed by atoms with E-state index in [-0.39, 0.29) is 0 Å². The van der Waals surface area contributed by atoms with Gasteiger partial charge in [0.05, 0.1) is 13.1 Å². The van der Waals surface area contributed by atoms with Crippen LogP contribution in [0, 0.1) is 11.8 Å². The normalized spacial score (nSPS) is 45.6. The Morgan fingerprint density at radius 2 is 2.06 bits per heavy atom. The Bertz CT molecular complexity index is 222. The van der Waals surface area contributed by atoms with Crippen molar-refractivity contribution in [3.8, 4) is 0 Å². The standard InChI is InChI=1S/C13H25ClN2/c1-10-5-6-13(15)16(8-10)9-11-3-2-4-12(14)7-11/h10-13H,2-9,15H2,1H3/p+1. The van der Waals surface area contributed by atoms with Gasteiger partial charge in [0.25, 0.3) is 0 Å². The van der Waals surface area contributed by atoms with E-state index >= 15 is 0 Å². The number of rotatable bonds is 2. The number of likely N-dealkylation sites (tertiary alicyclic amines) is 1. The zero-order chi connectivity index (χ0) is 11.5. The zero-order valence-corrected chi connectivity index (χ0v) is 11.2. The highest BCUT2D eigenvalue weighted by Gasteiger charge is 2.31. The molecule has 3 N–H and O–H groups in total. The van der Waals surface area contributed by atoms with Crippen LogP contribution in [0.3, 0.4) is 0 Å². The van der Waals surface area contributed by atoms with Crippen LogP contribution in [0.5, 0.6) is 0 Å². The molecule has 2 nitrogen and oxygen atoms in total. The van der Waals surface area contributed by atoms with Crippen LogP contribution in [0.15, 0.2) is 0 Å². The van der Waals surface area contributed by atoms with Crippen LogP contribution in [0.2, 0.25) is 0 Å². The molecule has 0 spiro atoms. The van der Waals surface area contributed by atoms with Crippen molar-refractivity contribution in [2.75, 3.05) is 13.1 Å². The van der Waals surface area contributed by atoms with E-state index in [1.165, 1.54) is 51.6 Å². The predicted octanol–water partition coefficient (Wildman–Crippen LogP) is 1.38. The molecule has 1 heterocycles. The lowest BCUT2D eigenvalue weighted by Crippen LogP contribution is -3.19. The molecular formula is C13H26ClN2+. The molecular weight excluding hydrogens is 220 g/mol. The van der Waals surface area contributed by atoms with Crippen LogP contribution in [0.1, 0.15) is 45.4 Å². The zero-order valence-electron chi connectivity index (χ0n) is 10.4. The van der Waals surface area contributed by atoms with Crippen LogP contribution < -0.4 is 10.6 Å². The van der Waals surface area contributed by atoms with E-state index in [9.17, 15) is 0 Å². The van der Waals surface area contributed by atoms with Crippen molar-refractivity contribution in [2.24, 2.45) is 17.6 Å². The Balaban J connectivity index is 1.82. The smallest absolute Gasteiger partial charge is 0.138 e. The van der Waals surface area contributed by atoms with Gasteiger partial charge in [-0.15, -0.1) is 11.6 Å². The third-order valence-electron chi connectivity index (χ3n) is 4.38. The van der Waals surface area contributed by atoms with Crippen molar-refractivity contribution in [3.05, 3.63) is 0 Å². The number of nitrogens with one attached hydrogen (secondary N) is 1. The Kier molecular flexibility index (Phi) is 4.51. The second-order valence-electron chi connectivity index (χ2n) is 5.99. The van der Waals surface area contributed by atoms with Crippen molar-refractivity contribution in [1.29, 1.82) is 0 Å². The van der Waals surface area contributed by atoms with E-state index in [1.807, 2.05) is 0 Å². The first-order chi connectivity index (χ1) is 7.65. The van der Waals surface area contributed by atoms with E-state index in [0.29, 0.717) is 11.5 Å². The maximum atomic E-state index is 6.25. The van der Waals surface area contributed by atoms with Gasteiger partial charge in [0.2, 0.25) is 0 Å². The molecule has 0 aromatic heterocycles. The van der Waals surface area contributed by atoms with Gasteiger partial charge in [0, 0.05) is 23.6 Å². The SMILES string of the molecule is CC1CCC(N)[NH+](CC2CCCC(Cl)C2)C1. The molecule has 5 atom stereocenters. The van der Waals surface area contributed by atoms with Crippen LogP contribution in [-0.2, 0) is 0 Å². The van der Waals surface area contributed by atoms with Crippen molar-refractivity contribution in [3.63, 3.8) is 0 Å². The average Bonchev–Trinajstić information content (AvgIpc) is 2.24. The first-order valence-electron chi connectivity index (χ1n) is 6.89. The lowest BCUT2D eigenvalue weighted by Gasteiger charge is -2.36. The second-order valence-corrected chi connectivity index (χ2v) is 6.60. The fraction of sp³-hybridized carbons (Fsp3) is 1.00. The van der Waals surface area contributed by atoms with Crippen LogP contribution in [0.4, 0.5) is 0 Å². The molecule has 3 heteroatoms. The van der Waals surface area contributed by atoms with E-state index in [2.05, 4.69) is 6.92 Å². The summed E-state index contributed by atoms with van der Waals surface area (Å²) in [6.45, 7) is 4.89. The highest BCUT2D eigenvalue weighted by Crippen LogP contribution is 2.27. The van der Waals surface area contributed by atoms with Crippen molar-refractivity contribution in [2.45, 2.75) is 57.0 Å². The van der Waals surface area contributed by atoms with Gasteiger partial charge >= 0.3 is 0 Å². The monoisotopic (exact) mass is 245 g/mol. The summed E-state index contributed by atoms with van der Waals surface area (Å²) in [5, 5.41) is 0.427. The largest absolute Gasteiger partial charge is 0.320 e. The van der Waals surface area contributed by atoms with Crippen molar-refractivity contribution < 1.29 is 4.90 Å². The molecule has 94 valence electrons. The fourth-order valence-electron chi connectivity index (χ4n) is 3.39. The molecule has 1 aliphatic carbocycles. The van der Waals surface area contributed by atoms with Gasteiger partial charge in [0.15, 0.2) is 0 Å². The molecule has 1 saturated carbocycles. The number of hydrogen-bond acceptors (Lipinski definition) is 1. The molecule has 2 rings (SSSR count). The van der Waals surface area contributed by atoms with Crippen LogP contribution >= 0.6 is 11.6 Å². The minimum atomic E-state index is 0.381. The molecule has 2 fully saturated rings. The third kappa shape index (κ3) is 3.35. The molecule has 0 bridgehead atoms. The summed E-state index contributed by atoms with van der Waals surface area (Å²) in [4.78, 5) is 1.63. The van der Waals surface area contributed by atoms with Crippen molar-refractivity contribution >= 4 is 11.6 Å². The predicted molar refractivity (Wildman–Crippen MR) is 68.7 cm³/mol. The third-order valence-corrected chi connectivity index (χ3v) is 4.77. The lowest BCUT2D eigenvalue weighted by molar-refractivity contribution is -0.937. The van der Waals surface area contributed by atoms with Gasteiger partial charge in [0.1, 0.15) is 6.17 Å². The van der Waals surface area contributed by atoms with Crippen LogP contribution in [0.25, 0.3) is 0 Å². The summed E-state index contributed by atoms with van der Waals surface area (Å²) in [5.41, 5.74) is 6.22. The molecule has 1 aliphatic heterocycles. The minimum absolute atomic E-state index is 0.381. The first kappa shape index (κ1) is 12.7. The topological polar surface area (TPSA) is 30.5 Å². The summed E-state index contributed by atoms with van der Waals surface area (Å²) in [5.74, 6) is 1.67. The minimum Gasteiger partial charge on any atom is -0.320 e. The first-order valence-corrected chi connectivity index (χ1v) is 7.33. The number of hydrogen-bond donors (Lipinski definition) is 2. The number of halogens is 1. The molecule has 0 aromatic carbocycles. The van der Waals surface area contributed by atoms with E-state index in [0.717, 1.165) is 11.8 Å². The van der Waals surface area contributed by atoms with E-state index in [4.69, 9.17) is 17.3 Å². The number of quaternary nitrogens is 1. The maximum absolute atomic E-state index is 6.25. The van der Waals surface area contributed by atoms with E-state index in [1.54, 1.807) is 4.90 Å². The Morgan fingerprint density at radius 1 is 1.25 bits per heavy atom. The van der Waals surface area contributed by atoms with Gasteiger partial charge < -0.3 is 4.90 Å². The Labute approximate surface area is 105 Å². The quantitative estimate of drug-likeness (QED) is 0.708. The number of nitrogens with two attached hydrogens (primary N) is 1. The Morgan fingerprint density at radius 3 is 2.81 bits per heavy atom. The second kappa shape index (κ2) is 5.70. The Hall–Kier alpha value is 0.210. The van der Waals surface area contributed by atoms with Gasteiger partial charge in [-0.1, -0.05) is 13.3 Å². The molecule has 0 amide bonds. The number of alkyl halides is 1. The molecule has 2 aliphatic rings. The average molecular weight is 246 g/mol. The summed E-state index contributed by atoms with van der Waals surface area (Å²) in [6, 6.07) is 0. The highest BCUT2D eigenvalue weighted by atomic mass is 35.5. The van der Waals surface area contributed by atoms with Gasteiger partial charge in [-0.25, -0.2) is 0 Å². The number of piperidine rings is 1. The summed E-state index contributed by atoms with van der Waals surface area (Å²) in [7, 11) is 0. The molecule has 5 unspecified atom stereocenters. The summed E-state index contributed by atoms with van der Waals surface area (Å²) < 4.78 is 0. The van der Waals surface area contributed by atoms with Gasteiger partial charge in [-0.05, 0) is 25.7 Å².